The van der Waals surface area contributed by atoms with E-state index in [1.54, 1.807) is 30.3 Å². The fourth-order valence-corrected chi connectivity index (χ4v) is 4.96. The summed E-state index contributed by atoms with van der Waals surface area (Å²) in [6.45, 7) is 2.26. The fraction of sp³-hybridized carbons (Fsp3) is 0.316. The van der Waals surface area contributed by atoms with Crippen molar-refractivity contribution >= 4 is 44.7 Å². The number of carbonyl (C=O) groups is 1. The summed E-state index contributed by atoms with van der Waals surface area (Å²) in [5, 5.41) is 5.80. The van der Waals surface area contributed by atoms with Crippen molar-refractivity contribution < 1.29 is 17.9 Å². The summed E-state index contributed by atoms with van der Waals surface area (Å²) in [4.78, 5) is 12.3. The lowest BCUT2D eigenvalue weighted by Crippen LogP contribution is -2.31. The first-order valence-electron chi connectivity index (χ1n) is 8.89. The Morgan fingerprint density at radius 1 is 1.18 bits per heavy atom. The van der Waals surface area contributed by atoms with E-state index in [0.717, 1.165) is 5.56 Å². The van der Waals surface area contributed by atoms with Crippen molar-refractivity contribution in [3.8, 4) is 5.75 Å². The summed E-state index contributed by atoms with van der Waals surface area (Å²) in [6.07, 6.45) is 1.22. The zero-order valence-corrected chi connectivity index (χ0v) is 17.2. The maximum Gasteiger partial charge on any atom is 0.323 e. The monoisotopic (exact) mass is 423 g/mol. The highest BCUT2D eigenvalue weighted by molar-refractivity contribution is 7.92. The molecule has 0 atom stereocenters. The Morgan fingerprint density at radius 2 is 1.86 bits per heavy atom. The number of carbonyl (C=O) groups excluding carboxylic acids is 1. The van der Waals surface area contributed by atoms with E-state index < -0.39 is 16.1 Å². The van der Waals surface area contributed by atoms with Gasteiger partial charge in [0, 0.05) is 17.9 Å². The van der Waals surface area contributed by atoms with Gasteiger partial charge in [-0.25, -0.2) is 13.2 Å². The van der Waals surface area contributed by atoms with Crippen LogP contribution >= 0.6 is 11.6 Å². The third kappa shape index (κ3) is 4.34. The minimum atomic E-state index is -3.35. The second-order valence-electron chi connectivity index (χ2n) is 6.41. The van der Waals surface area contributed by atoms with E-state index in [-0.39, 0.29) is 5.75 Å². The molecule has 0 bridgehead atoms. The average molecular weight is 424 g/mol. The molecule has 0 spiro atoms. The number of rotatable bonds is 6. The number of fused-ring (bicyclic) bond motifs is 1. The fourth-order valence-electron chi connectivity index (χ4n) is 3.12. The molecule has 1 heterocycles. The van der Waals surface area contributed by atoms with E-state index in [9.17, 15) is 13.2 Å². The van der Waals surface area contributed by atoms with Crippen LogP contribution in [0.4, 0.5) is 21.9 Å². The smallest absolute Gasteiger partial charge is 0.323 e. The van der Waals surface area contributed by atoms with E-state index in [0.29, 0.717) is 47.2 Å². The number of sulfonamides is 1. The molecule has 0 radical (unpaired) electrons. The van der Waals surface area contributed by atoms with Gasteiger partial charge in [0.1, 0.15) is 5.75 Å². The molecule has 9 heteroatoms. The average Bonchev–Trinajstić information content (AvgIpc) is 3.06. The van der Waals surface area contributed by atoms with E-state index in [1.165, 1.54) is 11.4 Å². The second-order valence-corrected chi connectivity index (χ2v) is 8.83. The predicted molar refractivity (Wildman–Crippen MR) is 112 cm³/mol. The predicted octanol–water partition coefficient (Wildman–Crippen LogP) is 4.09. The van der Waals surface area contributed by atoms with Crippen molar-refractivity contribution in [2.24, 2.45) is 0 Å². The Morgan fingerprint density at radius 3 is 2.50 bits per heavy atom. The highest BCUT2D eigenvalue weighted by atomic mass is 35.5. The molecule has 2 aromatic rings. The van der Waals surface area contributed by atoms with Crippen molar-refractivity contribution in [3.05, 3.63) is 47.0 Å². The van der Waals surface area contributed by atoms with Gasteiger partial charge >= 0.3 is 6.03 Å². The maximum atomic E-state index is 12.5. The molecule has 150 valence electrons. The molecule has 3 rings (SSSR count). The lowest BCUT2D eigenvalue weighted by atomic mass is 10.1. The third-order valence-electron chi connectivity index (χ3n) is 4.40. The topological polar surface area (TPSA) is 87.7 Å². The Bertz CT molecular complexity index is 995. The van der Waals surface area contributed by atoms with Crippen molar-refractivity contribution in [1.82, 2.24) is 0 Å². The summed E-state index contributed by atoms with van der Waals surface area (Å²) in [5.41, 5.74) is 2.59. The van der Waals surface area contributed by atoms with Gasteiger partial charge in [-0.3, -0.25) is 4.31 Å². The van der Waals surface area contributed by atoms with E-state index in [2.05, 4.69) is 10.6 Å². The number of nitrogens with zero attached hydrogens (tertiary/aromatic N) is 1. The SMILES string of the molecule is CCCS(=O)(=O)N1CCc2ccc(NC(=O)Nc3ccc(OC)c(Cl)c3)cc21. The van der Waals surface area contributed by atoms with Crippen LogP contribution in [0.25, 0.3) is 0 Å². The number of urea groups is 1. The second kappa shape index (κ2) is 8.28. The number of halogens is 1. The molecule has 0 fully saturated rings. The number of benzene rings is 2. The number of ether oxygens (including phenoxy) is 1. The molecule has 2 aromatic carbocycles. The van der Waals surface area contributed by atoms with Crippen LogP contribution in [0.15, 0.2) is 36.4 Å². The van der Waals surface area contributed by atoms with Crippen LogP contribution in [0.1, 0.15) is 18.9 Å². The van der Waals surface area contributed by atoms with E-state index in [4.69, 9.17) is 16.3 Å². The highest BCUT2D eigenvalue weighted by Crippen LogP contribution is 2.33. The van der Waals surface area contributed by atoms with Gasteiger partial charge in [-0.05, 0) is 48.7 Å². The van der Waals surface area contributed by atoms with Crippen molar-refractivity contribution in [3.63, 3.8) is 0 Å². The van der Waals surface area contributed by atoms with Crippen LogP contribution in [0.2, 0.25) is 5.02 Å². The molecule has 0 saturated carbocycles. The highest BCUT2D eigenvalue weighted by Gasteiger charge is 2.29. The lowest BCUT2D eigenvalue weighted by molar-refractivity contribution is 0.262. The van der Waals surface area contributed by atoms with Crippen molar-refractivity contribution in [2.75, 3.05) is 34.3 Å². The molecule has 0 unspecified atom stereocenters. The Hall–Kier alpha value is -2.45. The standard InChI is InChI=1S/C19H22ClN3O4S/c1-3-10-28(25,26)23-9-8-13-4-5-15(12-17(13)23)22-19(24)21-14-6-7-18(27-2)16(20)11-14/h4-7,11-12H,3,8-10H2,1-2H3,(H2,21,22,24). The number of anilines is 3. The van der Waals surface area contributed by atoms with Gasteiger partial charge in [-0.1, -0.05) is 24.6 Å². The summed E-state index contributed by atoms with van der Waals surface area (Å²) < 4.78 is 31.4. The van der Waals surface area contributed by atoms with E-state index in [1.807, 2.05) is 13.0 Å². The van der Waals surface area contributed by atoms with Gasteiger partial charge in [0.25, 0.3) is 0 Å². The van der Waals surface area contributed by atoms with Crippen LogP contribution in [-0.4, -0.2) is 33.9 Å². The minimum Gasteiger partial charge on any atom is -0.495 e. The number of methoxy groups -OCH3 is 1. The zero-order valence-electron chi connectivity index (χ0n) is 15.7. The van der Waals surface area contributed by atoms with Gasteiger partial charge < -0.3 is 15.4 Å². The molecule has 2 N–H and O–H groups in total. The first kappa shape index (κ1) is 20.3. The lowest BCUT2D eigenvalue weighted by Gasteiger charge is -2.19. The first-order valence-corrected chi connectivity index (χ1v) is 10.9. The van der Waals surface area contributed by atoms with Crippen LogP contribution in [0.3, 0.4) is 0 Å². The van der Waals surface area contributed by atoms with E-state index >= 15 is 0 Å². The number of nitrogens with one attached hydrogen (secondary N) is 2. The maximum absolute atomic E-state index is 12.5. The Kier molecular flexibility index (Phi) is 6.00. The molecule has 1 aliphatic heterocycles. The van der Waals surface area contributed by atoms with Gasteiger partial charge in [0.05, 0.1) is 23.6 Å². The van der Waals surface area contributed by atoms with Crippen LogP contribution in [0, 0.1) is 0 Å². The van der Waals surface area contributed by atoms with Crippen molar-refractivity contribution in [2.45, 2.75) is 19.8 Å². The molecule has 0 saturated heterocycles. The van der Waals surface area contributed by atoms with Gasteiger partial charge in [0.2, 0.25) is 10.0 Å². The molecule has 0 aromatic heterocycles. The third-order valence-corrected chi connectivity index (χ3v) is 6.67. The summed E-state index contributed by atoms with van der Waals surface area (Å²) in [6, 6.07) is 9.75. The zero-order chi connectivity index (χ0) is 20.3. The molecular formula is C19H22ClN3O4S. The first-order chi connectivity index (χ1) is 13.3. The summed E-state index contributed by atoms with van der Waals surface area (Å²) in [5.74, 6) is 0.614. The largest absolute Gasteiger partial charge is 0.495 e. The van der Waals surface area contributed by atoms with Crippen LogP contribution in [0.5, 0.6) is 5.75 Å². The molecule has 28 heavy (non-hydrogen) atoms. The summed E-state index contributed by atoms with van der Waals surface area (Å²) in [7, 11) is -1.84. The number of hydrogen-bond donors (Lipinski definition) is 2. The molecule has 1 aliphatic rings. The molecule has 0 aliphatic carbocycles. The number of hydrogen-bond acceptors (Lipinski definition) is 4. The van der Waals surface area contributed by atoms with Gasteiger partial charge in [-0.15, -0.1) is 0 Å². The Labute approximate surface area is 169 Å². The Balaban J connectivity index is 1.73. The summed E-state index contributed by atoms with van der Waals surface area (Å²) >= 11 is 6.06. The quantitative estimate of drug-likeness (QED) is 0.732. The van der Waals surface area contributed by atoms with Crippen molar-refractivity contribution in [1.29, 1.82) is 0 Å². The van der Waals surface area contributed by atoms with Crippen LogP contribution in [-0.2, 0) is 16.4 Å². The number of amides is 2. The normalized spacial score (nSPS) is 13.2. The van der Waals surface area contributed by atoms with Gasteiger partial charge in [0.15, 0.2) is 0 Å². The molecule has 2 amide bonds. The minimum absolute atomic E-state index is 0.100. The molecule has 7 nitrogen and oxygen atoms in total. The van der Waals surface area contributed by atoms with Gasteiger partial charge in [-0.2, -0.15) is 0 Å². The van der Waals surface area contributed by atoms with Crippen LogP contribution < -0.4 is 19.7 Å². The molecular weight excluding hydrogens is 402 g/mol.